The van der Waals surface area contributed by atoms with Gasteiger partial charge < -0.3 is 5.73 Å². The minimum atomic E-state index is -1.48. The van der Waals surface area contributed by atoms with E-state index in [2.05, 4.69) is 20.0 Å². The highest BCUT2D eigenvalue weighted by atomic mass is 28.3. The Balaban J connectivity index is 2.81. The summed E-state index contributed by atoms with van der Waals surface area (Å²) in [4.78, 5) is 0. The van der Waals surface area contributed by atoms with Gasteiger partial charge in [0.2, 0.25) is 0 Å². The van der Waals surface area contributed by atoms with Crippen LogP contribution in [0.4, 0.5) is 8.78 Å². The summed E-state index contributed by atoms with van der Waals surface area (Å²) in [7, 11) is -1.48. The minimum Gasteiger partial charge on any atom is -0.330 e. The lowest BCUT2D eigenvalue weighted by molar-refractivity contribution is 0.569. The fourth-order valence-corrected chi connectivity index (χ4v) is 2.76. The first-order valence-corrected chi connectivity index (χ1v) is 8.84. The summed E-state index contributed by atoms with van der Waals surface area (Å²) in [5.74, 6) is -1.03. The molecule has 90 valence electrons. The van der Waals surface area contributed by atoms with Gasteiger partial charge in [0, 0.05) is 11.7 Å². The maximum Gasteiger partial charge on any atom is 0.129 e. The average molecular weight is 243 g/mol. The standard InChI is InChI=1S/C12H19F2NSi/c1-4-16(2,3)12(15)7-9-5-6-10(13)8-11(9)14/h5-6,8,12H,4,7,15H2,1-3H3. The van der Waals surface area contributed by atoms with Crippen molar-refractivity contribution in [3.63, 3.8) is 0 Å². The van der Waals surface area contributed by atoms with Crippen molar-refractivity contribution in [1.82, 2.24) is 0 Å². The molecule has 1 aromatic rings. The van der Waals surface area contributed by atoms with Gasteiger partial charge in [0.25, 0.3) is 0 Å². The van der Waals surface area contributed by atoms with Crippen LogP contribution < -0.4 is 5.73 Å². The molecule has 0 aliphatic carbocycles. The van der Waals surface area contributed by atoms with E-state index < -0.39 is 19.7 Å². The van der Waals surface area contributed by atoms with Gasteiger partial charge in [-0.1, -0.05) is 32.1 Å². The molecule has 2 N–H and O–H groups in total. The maximum absolute atomic E-state index is 13.4. The third kappa shape index (κ3) is 3.12. The van der Waals surface area contributed by atoms with Gasteiger partial charge in [-0.25, -0.2) is 8.78 Å². The van der Waals surface area contributed by atoms with Gasteiger partial charge in [-0.2, -0.15) is 0 Å². The Morgan fingerprint density at radius 1 is 1.31 bits per heavy atom. The van der Waals surface area contributed by atoms with Crippen LogP contribution >= 0.6 is 0 Å². The summed E-state index contributed by atoms with van der Waals surface area (Å²) in [6.07, 6.45) is 0.499. The van der Waals surface area contributed by atoms with E-state index in [-0.39, 0.29) is 5.67 Å². The normalized spacial score (nSPS) is 13.9. The van der Waals surface area contributed by atoms with Crippen LogP contribution in [0, 0.1) is 11.6 Å². The molecule has 0 radical (unpaired) electrons. The number of benzene rings is 1. The Kier molecular flexibility index (Phi) is 4.21. The Morgan fingerprint density at radius 3 is 2.44 bits per heavy atom. The van der Waals surface area contributed by atoms with Crippen molar-refractivity contribution in [2.24, 2.45) is 5.73 Å². The number of hydrogen-bond acceptors (Lipinski definition) is 1. The second-order valence-corrected chi connectivity index (χ2v) is 10.3. The molecule has 0 aromatic heterocycles. The summed E-state index contributed by atoms with van der Waals surface area (Å²) in [5, 5.41) is 0. The number of nitrogens with two attached hydrogens (primary N) is 1. The van der Waals surface area contributed by atoms with Gasteiger partial charge in [0.15, 0.2) is 0 Å². The van der Waals surface area contributed by atoms with Crippen LogP contribution in [0.3, 0.4) is 0 Å². The van der Waals surface area contributed by atoms with Crippen LogP contribution in [0.1, 0.15) is 12.5 Å². The van der Waals surface area contributed by atoms with Crippen LogP contribution in [0.15, 0.2) is 18.2 Å². The van der Waals surface area contributed by atoms with Gasteiger partial charge in [-0.05, 0) is 18.1 Å². The average Bonchev–Trinajstić information content (AvgIpc) is 2.22. The Hall–Kier alpha value is -0.743. The van der Waals surface area contributed by atoms with Crippen molar-refractivity contribution < 1.29 is 8.78 Å². The highest BCUT2D eigenvalue weighted by molar-refractivity contribution is 6.78. The summed E-state index contributed by atoms with van der Waals surface area (Å²) < 4.78 is 26.1. The molecular weight excluding hydrogens is 224 g/mol. The lowest BCUT2D eigenvalue weighted by Gasteiger charge is -2.28. The lowest BCUT2D eigenvalue weighted by atomic mass is 10.1. The van der Waals surface area contributed by atoms with Crippen molar-refractivity contribution in [1.29, 1.82) is 0 Å². The Bertz CT molecular complexity index is 366. The molecule has 1 rings (SSSR count). The molecule has 1 nitrogen and oxygen atoms in total. The molecule has 0 aliphatic heterocycles. The van der Waals surface area contributed by atoms with E-state index in [1.165, 1.54) is 12.1 Å². The molecule has 4 heteroatoms. The minimum absolute atomic E-state index is 0.0115. The molecule has 0 aliphatic rings. The zero-order valence-electron chi connectivity index (χ0n) is 10.1. The molecular formula is C12H19F2NSi. The lowest BCUT2D eigenvalue weighted by Crippen LogP contribution is -2.48. The third-order valence-corrected chi connectivity index (χ3v) is 7.40. The van der Waals surface area contributed by atoms with Crippen LogP contribution in [0.5, 0.6) is 0 Å². The molecule has 0 saturated carbocycles. The van der Waals surface area contributed by atoms with Crippen molar-refractivity contribution in [2.45, 2.75) is 38.1 Å². The Labute approximate surface area is 96.7 Å². The highest BCUT2D eigenvalue weighted by Crippen LogP contribution is 2.18. The summed E-state index contributed by atoms with van der Waals surface area (Å²) >= 11 is 0. The first kappa shape index (κ1) is 13.3. The smallest absolute Gasteiger partial charge is 0.129 e. The fourth-order valence-electron chi connectivity index (χ4n) is 1.46. The molecule has 0 fully saturated rings. The van der Waals surface area contributed by atoms with Gasteiger partial charge >= 0.3 is 0 Å². The maximum atomic E-state index is 13.4. The fraction of sp³-hybridized carbons (Fsp3) is 0.500. The van der Waals surface area contributed by atoms with Crippen molar-refractivity contribution in [3.8, 4) is 0 Å². The third-order valence-electron chi connectivity index (χ3n) is 3.37. The second kappa shape index (κ2) is 5.06. The summed E-state index contributed by atoms with van der Waals surface area (Å²) in [5.41, 5.74) is 6.63. The summed E-state index contributed by atoms with van der Waals surface area (Å²) in [6.45, 7) is 6.51. The predicted molar refractivity (Wildman–Crippen MR) is 66.0 cm³/mol. The van der Waals surface area contributed by atoms with Gasteiger partial charge in [0.05, 0.1) is 8.07 Å². The van der Waals surface area contributed by atoms with Crippen LogP contribution in [0.2, 0.25) is 19.1 Å². The molecule has 0 spiro atoms. The molecule has 0 heterocycles. The van der Waals surface area contributed by atoms with Crippen molar-refractivity contribution in [2.75, 3.05) is 0 Å². The number of hydrogen-bond donors (Lipinski definition) is 1. The van der Waals surface area contributed by atoms with E-state index in [9.17, 15) is 8.78 Å². The van der Waals surface area contributed by atoms with E-state index in [1.807, 2.05) is 0 Å². The molecule has 0 saturated heterocycles. The molecule has 0 amide bonds. The number of rotatable bonds is 4. The first-order chi connectivity index (χ1) is 7.36. The molecule has 0 bridgehead atoms. The predicted octanol–water partition coefficient (Wildman–Crippen LogP) is 3.10. The van der Waals surface area contributed by atoms with Crippen LogP contribution in [0.25, 0.3) is 0 Å². The van der Waals surface area contributed by atoms with E-state index in [0.717, 1.165) is 12.1 Å². The molecule has 1 unspecified atom stereocenters. The van der Waals surface area contributed by atoms with Crippen LogP contribution in [-0.2, 0) is 6.42 Å². The van der Waals surface area contributed by atoms with E-state index in [1.54, 1.807) is 0 Å². The van der Waals surface area contributed by atoms with E-state index >= 15 is 0 Å². The first-order valence-electron chi connectivity index (χ1n) is 5.56. The summed E-state index contributed by atoms with van der Waals surface area (Å²) in [6, 6.07) is 4.76. The van der Waals surface area contributed by atoms with Crippen LogP contribution in [-0.4, -0.2) is 13.7 Å². The van der Waals surface area contributed by atoms with E-state index in [4.69, 9.17) is 5.73 Å². The second-order valence-electron chi connectivity index (χ2n) is 4.89. The molecule has 1 aromatic carbocycles. The monoisotopic (exact) mass is 243 g/mol. The van der Waals surface area contributed by atoms with E-state index in [0.29, 0.717) is 12.0 Å². The highest BCUT2D eigenvalue weighted by Gasteiger charge is 2.27. The SMILES string of the molecule is CC[Si](C)(C)C(N)Cc1ccc(F)cc1F. The largest absolute Gasteiger partial charge is 0.330 e. The Morgan fingerprint density at radius 2 is 1.94 bits per heavy atom. The number of halogens is 2. The van der Waals surface area contributed by atoms with Gasteiger partial charge in [-0.15, -0.1) is 0 Å². The van der Waals surface area contributed by atoms with Gasteiger partial charge in [-0.3, -0.25) is 0 Å². The molecule has 16 heavy (non-hydrogen) atoms. The zero-order chi connectivity index (χ0) is 12.3. The zero-order valence-corrected chi connectivity index (χ0v) is 11.1. The molecule has 1 atom stereocenters. The van der Waals surface area contributed by atoms with Crippen molar-refractivity contribution in [3.05, 3.63) is 35.4 Å². The van der Waals surface area contributed by atoms with Crippen molar-refractivity contribution >= 4 is 8.07 Å². The quantitative estimate of drug-likeness (QED) is 0.808. The topological polar surface area (TPSA) is 26.0 Å². The van der Waals surface area contributed by atoms with Gasteiger partial charge in [0.1, 0.15) is 11.6 Å².